The van der Waals surface area contributed by atoms with E-state index in [4.69, 9.17) is 18.9 Å². The Bertz CT molecular complexity index is 532. The van der Waals surface area contributed by atoms with Gasteiger partial charge in [0.25, 0.3) is 0 Å². The molecule has 4 rings (SSSR count). The van der Waals surface area contributed by atoms with Gasteiger partial charge in [-0.25, -0.2) is 0 Å². The summed E-state index contributed by atoms with van der Waals surface area (Å²) in [6.45, 7) is 2.08. The molecule has 6 heteroatoms. The van der Waals surface area contributed by atoms with Crippen molar-refractivity contribution in [3.8, 4) is 0 Å². The van der Waals surface area contributed by atoms with Crippen LogP contribution in [-0.2, 0) is 28.5 Å². The van der Waals surface area contributed by atoms with E-state index in [0.29, 0.717) is 6.42 Å². The van der Waals surface area contributed by atoms with Crippen LogP contribution < -0.4 is 0 Å². The van der Waals surface area contributed by atoms with Gasteiger partial charge in [0.1, 0.15) is 0 Å². The molecular formula is C23H36O6. The van der Waals surface area contributed by atoms with E-state index in [2.05, 4.69) is 6.92 Å². The van der Waals surface area contributed by atoms with Crippen molar-refractivity contribution in [3.63, 3.8) is 0 Å². The Labute approximate surface area is 174 Å². The number of fused-ring (bicyclic) bond motifs is 2. The van der Waals surface area contributed by atoms with Gasteiger partial charge in [-0.05, 0) is 32.1 Å². The maximum Gasteiger partial charge on any atom is 0.314 e. The molecule has 0 aromatic heterocycles. The van der Waals surface area contributed by atoms with Crippen molar-refractivity contribution >= 4 is 11.9 Å². The molecule has 164 valence electrons. The van der Waals surface area contributed by atoms with Gasteiger partial charge in [-0.15, -0.1) is 0 Å². The predicted molar refractivity (Wildman–Crippen MR) is 106 cm³/mol. The van der Waals surface area contributed by atoms with E-state index in [0.717, 1.165) is 64.2 Å². The fourth-order valence-corrected chi connectivity index (χ4v) is 5.04. The summed E-state index contributed by atoms with van der Waals surface area (Å²) >= 11 is 0. The van der Waals surface area contributed by atoms with Crippen LogP contribution in [0.3, 0.4) is 0 Å². The van der Waals surface area contributed by atoms with Crippen LogP contribution in [-0.4, -0.2) is 42.6 Å². The van der Waals surface area contributed by atoms with E-state index < -0.39 is 6.29 Å². The zero-order chi connectivity index (χ0) is 20.2. The molecule has 0 aromatic carbocycles. The molecule has 2 heterocycles. The van der Waals surface area contributed by atoms with Crippen LogP contribution in [0.1, 0.15) is 90.4 Å². The Morgan fingerprint density at radius 3 is 1.76 bits per heavy atom. The van der Waals surface area contributed by atoms with Crippen molar-refractivity contribution in [3.05, 3.63) is 0 Å². The third-order valence-corrected chi connectivity index (χ3v) is 6.94. The van der Waals surface area contributed by atoms with Crippen molar-refractivity contribution in [1.82, 2.24) is 0 Å². The molecular weight excluding hydrogens is 372 g/mol. The van der Waals surface area contributed by atoms with E-state index >= 15 is 0 Å². The van der Waals surface area contributed by atoms with Crippen LogP contribution in [0.2, 0.25) is 0 Å². The molecule has 2 saturated heterocycles. The molecule has 0 spiro atoms. The quantitative estimate of drug-likeness (QED) is 0.355. The Balaban J connectivity index is 1.34. The molecule has 2 aliphatic heterocycles. The van der Waals surface area contributed by atoms with Crippen LogP contribution >= 0.6 is 0 Å². The lowest BCUT2D eigenvalue weighted by Crippen LogP contribution is -2.34. The number of hydrogen-bond donors (Lipinski definition) is 0. The van der Waals surface area contributed by atoms with Gasteiger partial charge in [-0.2, -0.15) is 0 Å². The highest BCUT2D eigenvalue weighted by Crippen LogP contribution is 2.40. The summed E-state index contributed by atoms with van der Waals surface area (Å²) in [4.78, 5) is 25.8. The SMILES string of the molecule is CCCCC(OC(=O)C1CCCCCC2OC21)OC(=O)C1CCCCCC2OC21. The fourth-order valence-electron chi connectivity index (χ4n) is 5.04. The zero-order valence-electron chi connectivity index (χ0n) is 17.7. The number of hydrogen-bond acceptors (Lipinski definition) is 6. The van der Waals surface area contributed by atoms with Gasteiger partial charge >= 0.3 is 11.9 Å². The lowest BCUT2D eigenvalue weighted by atomic mass is 9.91. The van der Waals surface area contributed by atoms with E-state index in [1.54, 1.807) is 0 Å². The first-order valence-corrected chi connectivity index (χ1v) is 11.9. The van der Waals surface area contributed by atoms with Crippen molar-refractivity contribution < 1.29 is 28.5 Å². The number of epoxide rings is 2. The van der Waals surface area contributed by atoms with Crippen LogP contribution in [0.4, 0.5) is 0 Å². The van der Waals surface area contributed by atoms with Gasteiger partial charge in [-0.3, -0.25) is 9.59 Å². The highest BCUT2D eigenvalue weighted by atomic mass is 16.7. The number of unbranched alkanes of at least 4 members (excludes halogenated alkanes) is 1. The van der Waals surface area contributed by atoms with Gasteiger partial charge in [0.2, 0.25) is 6.29 Å². The summed E-state index contributed by atoms with van der Waals surface area (Å²) < 4.78 is 23.0. The maximum absolute atomic E-state index is 12.9. The highest BCUT2D eigenvalue weighted by molar-refractivity contribution is 5.75. The summed E-state index contributed by atoms with van der Waals surface area (Å²) in [5.41, 5.74) is 0. The average molecular weight is 409 g/mol. The van der Waals surface area contributed by atoms with Crippen molar-refractivity contribution in [2.24, 2.45) is 11.8 Å². The molecule has 29 heavy (non-hydrogen) atoms. The fraction of sp³-hybridized carbons (Fsp3) is 0.913. The van der Waals surface area contributed by atoms with E-state index in [-0.39, 0.29) is 48.2 Å². The Morgan fingerprint density at radius 1 is 0.793 bits per heavy atom. The lowest BCUT2D eigenvalue weighted by Gasteiger charge is -2.24. The molecule has 6 unspecified atom stereocenters. The molecule has 0 amide bonds. The second kappa shape index (κ2) is 9.78. The first kappa shape index (κ1) is 21.1. The van der Waals surface area contributed by atoms with Gasteiger partial charge in [0, 0.05) is 6.42 Å². The first-order valence-electron chi connectivity index (χ1n) is 11.9. The van der Waals surface area contributed by atoms with Gasteiger partial charge < -0.3 is 18.9 Å². The molecule has 0 aromatic rings. The molecule has 0 N–H and O–H groups in total. The number of carbonyl (C=O) groups is 2. The summed E-state index contributed by atoms with van der Waals surface area (Å²) in [6, 6.07) is 0. The second-order valence-electron chi connectivity index (χ2n) is 9.21. The normalized spacial score (nSPS) is 37.4. The first-order chi connectivity index (χ1) is 14.2. The van der Waals surface area contributed by atoms with Gasteiger partial charge in [-0.1, -0.05) is 51.9 Å². The Kier molecular flexibility index (Phi) is 7.12. The number of esters is 2. The molecule has 6 atom stereocenters. The zero-order valence-corrected chi connectivity index (χ0v) is 17.7. The van der Waals surface area contributed by atoms with Crippen LogP contribution in [0.5, 0.6) is 0 Å². The van der Waals surface area contributed by atoms with Crippen molar-refractivity contribution in [2.45, 2.75) is 121 Å². The molecule has 6 nitrogen and oxygen atoms in total. The van der Waals surface area contributed by atoms with Crippen LogP contribution in [0, 0.1) is 11.8 Å². The monoisotopic (exact) mass is 408 g/mol. The molecule has 4 fully saturated rings. The van der Waals surface area contributed by atoms with Gasteiger partial charge in [0.05, 0.1) is 36.3 Å². The number of rotatable bonds is 7. The molecule has 2 aliphatic carbocycles. The third-order valence-electron chi connectivity index (χ3n) is 6.94. The van der Waals surface area contributed by atoms with E-state index in [9.17, 15) is 9.59 Å². The Hall–Kier alpha value is -1.14. The van der Waals surface area contributed by atoms with Crippen molar-refractivity contribution in [1.29, 1.82) is 0 Å². The number of carbonyl (C=O) groups excluding carboxylic acids is 2. The molecule has 4 aliphatic rings. The summed E-state index contributed by atoms with van der Waals surface area (Å²) in [7, 11) is 0. The maximum atomic E-state index is 12.9. The standard InChI is InChI=1S/C23H36O6/c1-2-3-14-19(28-22(24)15-10-6-4-8-12-17-20(15)26-17)29-23(25)16-11-7-5-9-13-18-21(16)27-18/h15-21H,2-14H2,1H3. The minimum atomic E-state index is -0.791. The summed E-state index contributed by atoms with van der Waals surface area (Å²) in [5, 5.41) is 0. The molecule has 0 bridgehead atoms. The minimum absolute atomic E-state index is 0.00319. The summed E-state index contributed by atoms with van der Waals surface area (Å²) in [5.74, 6) is -0.959. The predicted octanol–water partition coefficient (Wildman–Crippen LogP) is 4.28. The third kappa shape index (κ3) is 5.52. The van der Waals surface area contributed by atoms with Crippen molar-refractivity contribution in [2.75, 3.05) is 0 Å². The molecule has 0 radical (unpaired) electrons. The average Bonchev–Trinajstić information content (AvgIpc) is 3.58. The van der Waals surface area contributed by atoms with Crippen LogP contribution in [0.25, 0.3) is 0 Å². The Morgan fingerprint density at radius 2 is 1.28 bits per heavy atom. The lowest BCUT2D eigenvalue weighted by molar-refractivity contribution is -0.196. The van der Waals surface area contributed by atoms with Gasteiger partial charge in [0.15, 0.2) is 0 Å². The largest absolute Gasteiger partial charge is 0.425 e. The summed E-state index contributed by atoms with van der Waals surface area (Å²) in [6.07, 6.45) is 12.3. The number of ether oxygens (including phenoxy) is 4. The second-order valence-corrected chi connectivity index (χ2v) is 9.21. The van der Waals surface area contributed by atoms with E-state index in [1.165, 1.54) is 12.8 Å². The topological polar surface area (TPSA) is 77.7 Å². The molecule has 2 saturated carbocycles. The van der Waals surface area contributed by atoms with E-state index in [1.807, 2.05) is 0 Å². The smallest absolute Gasteiger partial charge is 0.314 e. The van der Waals surface area contributed by atoms with Crippen LogP contribution in [0.15, 0.2) is 0 Å². The minimum Gasteiger partial charge on any atom is -0.425 e. The highest BCUT2D eigenvalue weighted by Gasteiger charge is 2.50.